The third kappa shape index (κ3) is 6.15. The predicted octanol–water partition coefficient (Wildman–Crippen LogP) is 9.66. The average Bonchev–Trinajstić information content (AvgIpc) is 3.70. The van der Waals surface area contributed by atoms with Crippen LogP contribution in [0.2, 0.25) is 26.7 Å². The molecule has 2 fully saturated rings. The Morgan fingerprint density at radius 3 is 2.19 bits per heavy atom. The molecule has 1 saturated heterocycles. The molecular weight excluding hydrogens is 647 g/mol. The monoisotopic (exact) mass is 694 g/mol. The number of fused-ring (bicyclic) bond motifs is 1. The van der Waals surface area contributed by atoms with E-state index in [0.717, 1.165) is 85.5 Å². The molecule has 7 nitrogen and oxygen atoms in total. The quantitative estimate of drug-likeness (QED) is 0.115. The van der Waals surface area contributed by atoms with Crippen molar-refractivity contribution >= 4 is 54.0 Å². The maximum Gasteiger partial charge on any atom is 0.340 e. The zero-order valence-electron chi connectivity index (χ0n) is 28.8. The first-order valence-corrected chi connectivity index (χ1v) is 20.1. The number of hydrogen-bond acceptors (Lipinski definition) is 6. The van der Waals surface area contributed by atoms with Crippen LogP contribution in [-0.4, -0.2) is 68.3 Å². The van der Waals surface area contributed by atoms with E-state index in [4.69, 9.17) is 32.5 Å². The van der Waals surface area contributed by atoms with Gasteiger partial charge in [0.25, 0.3) is 0 Å². The standard InChI is InChI=1S/C37H48Cl2N4O3Si/c1-23(2)47(24(3)4,25(5)6)43-22-30(37(44)45-7)28-14-13-27(21-33(28)43)42-19-17-41(18-20-42)16-15-29-35(40-46-36(29)26-11-12-26)34-31(38)9-8-10-32(34)39/h8-10,13-14,21-26H,11-12,15-20H2,1-7H3. The molecule has 0 amide bonds. The maximum atomic E-state index is 13.0. The molecule has 0 atom stereocenters. The Hall–Kier alpha value is -2.78. The summed E-state index contributed by atoms with van der Waals surface area (Å²) in [6.07, 6.45) is 5.23. The van der Waals surface area contributed by atoms with E-state index in [9.17, 15) is 4.79 Å². The molecule has 0 bridgehead atoms. The maximum absolute atomic E-state index is 13.0. The summed E-state index contributed by atoms with van der Waals surface area (Å²) in [5.41, 5.74) is 7.20. The van der Waals surface area contributed by atoms with Gasteiger partial charge >= 0.3 is 5.97 Å². The van der Waals surface area contributed by atoms with Gasteiger partial charge in [0.05, 0.1) is 22.7 Å². The minimum absolute atomic E-state index is 0.271. The van der Waals surface area contributed by atoms with Gasteiger partial charge in [0.1, 0.15) is 11.5 Å². The summed E-state index contributed by atoms with van der Waals surface area (Å²) in [5.74, 6) is 1.18. The fourth-order valence-electron chi connectivity index (χ4n) is 8.49. The van der Waals surface area contributed by atoms with E-state index in [2.05, 4.69) is 85.1 Å². The SMILES string of the molecule is COC(=O)c1cn([Si](C(C)C)(C(C)C)C(C)C)c2cc(N3CCN(CCc4c(-c5c(Cl)cccc5Cl)noc4C4CC4)CC3)ccc12. The number of methoxy groups -OCH3 is 1. The Morgan fingerprint density at radius 2 is 1.62 bits per heavy atom. The molecule has 1 aliphatic heterocycles. The third-order valence-electron chi connectivity index (χ3n) is 10.8. The normalized spacial score (nSPS) is 16.3. The predicted molar refractivity (Wildman–Crippen MR) is 196 cm³/mol. The molecule has 4 aromatic rings. The van der Waals surface area contributed by atoms with Crippen molar-refractivity contribution in [2.24, 2.45) is 0 Å². The van der Waals surface area contributed by atoms with E-state index in [1.807, 2.05) is 18.2 Å². The Kier molecular flexibility index (Phi) is 9.88. The number of carbonyl (C=O) groups is 1. The van der Waals surface area contributed by atoms with Crippen molar-refractivity contribution in [1.29, 1.82) is 0 Å². The lowest BCUT2D eigenvalue weighted by Gasteiger charge is -2.44. The molecular formula is C37H48Cl2N4O3Si. The Labute approximate surface area is 290 Å². The average molecular weight is 696 g/mol. The number of benzene rings is 2. The molecule has 0 unspecified atom stereocenters. The number of anilines is 1. The molecule has 2 aromatic heterocycles. The first-order valence-electron chi connectivity index (χ1n) is 17.1. The summed E-state index contributed by atoms with van der Waals surface area (Å²) in [5, 5.41) is 6.66. The molecule has 2 aromatic carbocycles. The van der Waals surface area contributed by atoms with E-state index in [-0.39, 0.29) is 5.97 Å². The van der Waals surface area contributed by atoms with E-state index in [1.54, 1.807) is 0 Å². The molecule has 2 aliphatic rings. The minimum Gasteiger partial charge on any atom is -0.465 e. The summed E-state index contributed by atoms with van der Waals surface area (Å²) in [7, 11) is -0.646. The van der Waals surface area contributed by atoms with Gasteiger partial charge in [-0.25, -0.2) is 4.79 Å². The van der Waals surface area contributed by atoms with Crippen LogP contribution in [0, 0.1) is 0 Å². The second kappa shape index (κ2) is 13.6. The molecule has 1 saturated carbocycles. The highest BCUT2D eigenvalue weighted by Gasteiger charge is 2.46. The Balaban J connectivity index is 1.23. The molecule has 6 rings (SSSR count). The van der Waals surface area contributed by atoms with Crippen molar-refractivity contribution in [1.82, 2.24) is 14.3 Å². The lowest BCUT2D eigenvalue weighted by atomic mass is 10.0. The van der Waals surface area contributed by atoms with Gasteiger partial charge in [-0.05, 0) is 66.2 Å². The van der Waals surface area contributed by atoms with Crippen molar-refractivity contribution < 1.29 is 14.1 Å². The van der Waals surface area contributed by atoms with Crippen LogP contribution in [0.25, 0.3) is 22.2 Å². The number of aromatic nitrogens is 2. The van der Waals surface area contributed by atoms with Crippen LogP contribution in [-0.2, 0) is 11.2 Å². The number of ether oxygens (including phenoxy) is 1. The molecule has 10 heteroatoms. The van der Waals surface area contributed by atoms with Crippen LogP contribution < -0.4 is 4.90 Å². The van der Waals surface area contributed by atoms with Crippen molar-refractivity contribution in [2.75, 3.05) is 44.7 Å². The summed E-state index contributed by atoms with van der Waals surface area (Å²) >= 11 is 13.2. The zero-order valence-corrected chi connectivity index (χ0v) is 31.3. The van der Waals surface area contributed by atoms with Crippen LogP contribution in [0.15, 0.2) is 47.1 Å². The Bertz CT molecular complexity index is 1710. The van der Waals surface area contributed by atoms with Crippen molar-refractivity contribution in [2.45, 2.75) is 83.3 Å². The van der Waals surface area contributed by atoms with Gasteiger partial charge < -0.3 is 18.4 Å². The van der Waals surface area contributed by atoms with Crippen LogP contribution >= 0.6 is 23.2 Å². The summed E-state index contributed by atoms with van der Waals surface area (Å²) in [4.78, 5) is 18.0. The van der Waals surface area contributed by atoms with Gasteiger partial charge in [0.2, 0.25) is 0 Å². The summed E-state index contributed by atoms with van der Waals surface area (Å²) in [6.45, 7) is 18.9. The zero-order chi connectivity index (χ0) is 33.6. The molecule has 0 spiro atoms. The van der Waals surface area contributed by atoms with Crippen LogP contribution in [0.4, 0.5) is 5.69 Å². The highest BCUT2D eigenvalue weighted by molar-refractivity contribution is 6.82. The van der Waals surface area contributed by atoms with E-state index >= 15 is 0 Å². The number of rotatable bonds is 11. The number of esters is 1. The fraction of sp³-hybridized carbons (Fsp3) is 0.514. The molecule has 252 valence electrons. The fourth-order valence-corrected chi connectivity index (χ4v) is 15.7. The molecule has 3 heterocycles. The van der Waals surface area contributed by atoms with Gasteiger partial charge in [0, 0.05) is 72.6 Å². The number of carbonyl (C=O) groups excluding carboxylic acids is 1. The summed E-state index contributed by atoms with van der Waals surface area (Å²) in [6, 6.07) is 12.2. The van der Waals surface area contributed by atoms with E-state index in [1.165, 1.54) is 12.8 Å². The number of halogens is 2. The second-order valence-corrected chi connectivity index (χ2v) is 20.8. The van der Waals surface area contributed by atoms with E-state index in [0.29, 0.717) is 38.2 Å². The first kappa shape index (κ1) is 34.1. The van der Waals surface area contributed by atoms with Crippen molar-refractivity contribution in [3.8, 4) is 11.3 Å². The minimum atomic E-state index is -2.12. The molecule has 0 radical (unpaired) electrons. The molecule has 47 heavy (non-hydrogen) atoms. The van der Waals surface area contributed by atoms with Crippen LogP contribution in [0.1, 0.15) is 82.0 Å². The second-order valence-electron chi connectivity index (χ2n) is 14.3. The third-order valence-corrected chi connectivity index (χ3v) is 18.2. The highest BCUT2D eigenvalue weighted by Crippen LogP contribution is 2.47. The molecule has 1 aliphatic carbocycles. The summed E-state index contributed by atoms with van der Waals surface area (Å²) < 4.78 is 13.7. The van der Waals surface area contributed by atoms with E-state index < -0.39 is 8.24 Å². The van der Waals surface area contributed by atoms with Crippen LogP contribution in [0.5, 0.6) is 0 Å². The van der Waals surface area contributed by atoms with Crippen LogP contribution in [0.3, 0.4) is 0 Å². The van der Waals surface area contributed by atoms with Gasteiger partial charge in [-0.3, -0.25) is 4.90 Å². The Morgan fingerprint density at radius 1 is 0.979 bits per heavy atom. The number of piperazine rings is 1. The van der Waals surface area contributed by atoms with Gasteiger partial charge in [-0.1, -0.05) is 76.0 Å². The first-order chi connectivity index (χ1) is 22.5. The lowest BCUT2D eigenvalue weighted by molar-refractivity contribution is 0.0603. The largest absolute Gasteiger partial charge is 0.465 e. The lowest BCUT2D eigenvalue weighted by Crippen LogP contribution is -2.51. The van der Waals surface area contributed by atoms with Gasteiger partial charge in [-0.15, -0.1) is 0 Å². The van der Waals surface area contributed by atoms with Crippen molar-refractivity contribution in [3.63, 3.8) is 0 Å². The molecule has 0 N–H and O–H groups in total. The topological polar surface area (TPSA) is 63.7 Å². The van der Waals surface area contributed by atoms with Gasteiger partial charge in [0.15, 0.2) is 8.24 Å². The number of nitrogens with zero attached hydrogens (tertiary/aromatic N) is 4. The van der Waals surface area contributed by atoms with Gasteiger partial charge in [-0.2, -0.15) is 0 Å². The highest BCUT2D eigenvalue weighted by atomic mass is 35.5. The number of hydrogen-bond donors (Lipinski definition) is 0. The smallest absolute Gasteiger partial charge is 0.340 e. The van der Waals surface area contributed by atoms with Crippen molar-refractivity contribution in [3.05, 3.63) is 69.5 Å².